The number of halogens is 1. The average Bonchev–Trinajstić information content (AvgIpc) is 2.51. The molecule has 1 saturated heterocycles. The van der Waals surface area contributed by atoms with E-state index < -0.39 is 16.0 Å². The number of hydrogen-bond acceptors (Lipinski definition) is 6. The Balaban J connectivity index is 2.32. The number of ketones is 1. The first-order valence-electron chi connectivity index (χ1n) is 7.73. The number of carbonyl (C=O) groups is 2. The third-order valence-corrected chi connectivity index (χ3v) is 5.89. The second-order valence-electron chi connectivity index (χ2n) is 6.00. The van der Waals surface area contributed by atoms with E-state index in [0.29, 0.717) is 0 Å². The molecule has 0 N–H and O–H groups in total. The number of esters is 1. The molecule has 2 atom stereocenters. The van der Waals surface area contributed by atoms with E-state index in [9.17, 15) is 18.0 Å². The van der Waals surface area contributed by atoms with E-state index in [1.165, 1.54) is 29.4 Å². The monoisotopic (exact) mass is 389 g/mol. The Morgan fingerprint density at radius 1 is 1.28 bits per heavy atom. The predicted molar refractivity (Wildman–Crippen MR) is 91.2 cm³/mol. The summed E-state index contributed by atoms with van der Waals surface area (Å²) in [7, 11) is -3.90. The van der Waals surface area contributed by atoms with Gasteiger partial charge in [0.2, 0.25) is 10.0 Å². The van der Waals surface area contributed by atoms with Crippen molar-refractivity contribution in [1.29, 1.82) is 0 Å². The minimum atomic E-state index is -3.90. The highest BCUT2D eigenvalue weighted by molar-refractivity contribution is 7.89. The van der Waals surface area contributed by atoms with E-state index in [1.807, 2.05) is 0 Å². The van der Waals surface area contributed by atoms with Crippen molar-refractivity contribution in [2.24, 2.45) is 0 Å². The van der Waals surface area contributed by atoms with Crippen LogP contribution in [0.3, 0.4) is 0 Å². The van der Waals surface area contributed by atoms with Crippen LogP contribution < -0.4 is 0 Å². The van der Waals surface area contributed by atoms with Crippen LogP contribution in [0.15, 0.2) is 23.1 Å². The molecule has 138 valence electrons. The van der Waals surface area contributed by atoms with Crippen molar-refractivity contribution in [1.82, 2.24) is 4.31 Å². The van der Waals surface area contributed by atoms with Crippen LogP contribution >= 0.6 is 11.6 Å². The summed E-state index contributed by atoms with van der Waals surface area (Å²) in [5.41, 5.74) is 0.0126. The average molecular weight is 390 g/mol. The fraction of sp³-hybridized carbons (Fsp3) is 0.500. The molecule has 1 aliphatic heterocycles. The van der Waals surface area contributed by atoms with Gasteiger partial charge in [-0.2, -0.15) is 4.31 Å². The van der Waals surface area contributed by atoms with Crippen LogP contribution in [0.1, 0.15) is 31.1 Å². The Morgan fingerprint density at radius 2 is 1.88 bits per heavy atom. The second-order valence-corrected chi connectivity index (χ2v) is 8.32. The Kier molecular flexibility index (Phi) is 6.21. The molecule has 1 aromatic carbocycles. The van der Waals surface area contributed by atoms with Crippen molar-refractivity contribution in [3.63, 3.8) is 0 Å². The van der Waals surface area contributed by atoms with Crippen molar-refractivity contribution in [3.05, 3.63) is 28.8 Å². The SMILES string of the molecule is CC(=O)COC(=O)c1ccc(Cl)c(S(=O)(=O)N2CC(C)OC(C)C2)c1. The van der Waals surface area contributed by atoms with E-state index in [0.717, 1.165) is 0 Å². The van der Waals surface area contributed by atoms with Gasteiger partial charge in [0, 0.05) is 13.1 Å². The molecule has 1 fully saturated rings. The standard InChI is InChI=1S/C16H20ClNO6S/c1-10(19)9-23-16(20)13-4-5-14(17)15(6-13)25(21,22)18-7-11(2)24-12(3)8-18/h4-6,11-12H,7-9H2,1-3H3. The maximum Gasteiger partial charge on any atom is 0.338 e. The zero-order valence-electron chi connectivity index (χ0n) is 14.2. The maximum absolute atomic E-state index is 12.9. The van der Waals surface area contributed by atoms with Crippen LogP contribution in [0.4, 0.5) is 0 Å². The molecular weight excluding hydrogens is 370 g/mol. The lowest BCUT2D eigenvalue weighted by Gasteiger charge is -2.34. The highest BCUT2D eigenvalue weighted by Gasteiger charge is 2.34. The fourth-order valence-electron chi connectivity index (χ4n) is 2.54. The summed E-state index contributed by atoms with van der Waals surface area (Å²) in [5.74, 6) is -1.10. The van der Waals surface area contributed by atoms with Crippen LogP contribution in [0.2, 0.25) is 5.02 Å². The molecule has 1 heterocycles. The van der Waals surface area contributed by atoms with Gasteiger partial charge in [0.1, 0.15) is 11.5 Å². The zero-order chi connectivity index (χ0) is 18.8. The summed E-state index contributed by atoms with van der Waals surface area (Å²) in [4.78, 5) is 22.7. The molecule has 0 aliphatic carbocycles. The molecule has 0 saturated carbocycles. The van der Waals surface area contributed by atoms with E-state index in [1.54, 1.807) is 13.8 Å². The number of nitrogens with zero attached hydrogens (tertiary/aromatic N) is 1. The van der Waals surface area contributed by atoms with Crippen LogP contribution in [-0.2, 0) is 24.3 Å². The quantitative estimate of drug-likeness (QED) is 0.714. The number of sulfonamides is 1. The van der Waals surface area contributed by atoms with E-state index in [2.05, 4.69) is 0 Å². The minimum absolute atomic E-state index is 0.00918. The van der Waals surface area contributed by atoms with Crippen molar-refractivity contribution >= 4 is 33.4 Å². The Bertz CT molecular complexity index is 769. The first-order valence-corrected chi connectivity index (χ1v) is 9.54. The molecule has 2 rings (SSSR count). The van der Waals surface area contributed by atoms with Gasteiger partial charge in [-0.1, -0.05) is 11.6 Å². The highest BCUT2D eigenvalue weighted by Crippen LogP contribution is 2.28. The number of benzene rings is 1. The van der Waals surface area contributed by atoms with E-state index in [-0.39, 0.29) is 53.2 Å². The van der Waals surface area contributed by atoms with Crippen LogP contribution in [0, 0.1) is 0 Å². The molecule has 25 heavy (non-hydrogen) atoms. The summed E-state index contributed by atoms with van der Waals surface area (Å²) in [6.45, 7) is 4.88. The molecule has 0 radical (unpaired) electrons. The Labute approximate surface area is 151 Å². The highest BCUT2D eigenvalue weighted by atomic mass is 35.5. The van der Waals surface area contributed by atoms with Gasteiger partial charge in [-0.05, 0) is 39.0 Å². The lowest BCUT2D eigenvalue weighted by molar-refractivity contribution is -0.120. The molecule has 9 heteroatoms. The van der Waals surface area contributed by atoms with Crippen molar-refractivity contribution in [2.45, 2.75) is 37.9 Å². The molecule has 2 unspecified atom stereocenters. The van der Waals surface area contributed by atoms with Gasteiger partial charge in [-0.25, -0.2) is 13.2 Å². The van der Waals surface area contributed by atoms with Gasteiger partial charge in [-0.15, -0.1) is 0 Å². The first-order chi connectivity index (χ1) is 11.6. The maximum atomic E-state index is 12.9. The summed E-state index contributed by atoms with van der Waals surface area (Å²) in [6.07, 6.45) is -0.498. The summed E-state index contributed by atoms with van der Waals surface area (Å²) in [5, 5.41) is 0.00918. The molecular formula is C16H20ClNO6S. The van der Waals surface area contributed by atoms with Crippen LogP contribution in [-0.4, -0.2) is 56.4 Å². The predicted octanol–water partition coefficient (Wildman–Crippen LogP) is 1.88. The van der Waals surface area contributed by atoms with Crippen LogP contribution in [0.25, 0.3) is 0 Å². The van der Waals surface area contributed by atoms with Gasteiger partial charge in [-0.3, -0.25) is 4.79 Å². The van der Waals surface area contributed by atoms with Crippen molar-refractivity contribution < 1.29 is 27.5 Å². The zero-order valence-corrected chi connectivity index (χ0v) is 15.8. The molecule has 1 aromatic rings. The largest absolute Gasteiger partial charge is 0.454 e. The molecule has 1 aliphatic rings. The van der Waals surface area contributed by atoms with Gasteiger partial charge < -0.3 is 9.47 Å². The van der Waals surface area contributed by atoms with E-state index in [4.69, 9.17) is 21.1 Å². The summed E-state index contributed by atoms with van der Waals surface area (Å²) in [6, 6.07) is 3.85. The van der Waals surface area contributed by atoms with Gasteiger partial charge in [0.25, 0.3) is 0 Å². The Morgan fingerprint density at radius 3 is 2.44 bits per heavy atom. The fourth-order valence-corrected chi connectivity index (χ4v) is 4.64. The Hall–Kier alpha value is -1.48. The third-order valence-electron chi connectivity index (χ3n) is 3.58. The number of morpholine rings is 1. The molecule has 0 spiro atoms. The normalized spacial score (nSPS) is 21.8. The number of carbonyl (C=O) groups excluding carboxylic acids is 2. The molecule has 0 bridgehead atoms. The van der Waals surface area contributed by atoms with Gasteiger partial charge in [0.05, 0.1) is 22.8 Å². The van der Waals surface area contributed by atoms with E-state index >= 15 is 0 Å². The summed E-state index contributed by atoms with van der Waals surface area (Å²) >= 11 is 6.06. The lowest BCUT2D eigenvalue weighted by Crippen LogP contribution is -2.48. The molecule has 7 nitrogen and oxygen atoms in total. The number of ether oxygens (including phenoxy) is 2. The molecule has 0 aromatic heterocycles. The lowest BCUT2D eigenvalue weighted by atomic mass is 10.2. The smallest absolute Gasteiger partial charge is 0.338 e. The van der Waals surface area contributed by atoms with Gasteiger partial charge in [0.15, 0.2) is 5.78 Å². The second kappa shape index (κ2) is 7.82. The first kappa shape index (κ1) is 19.8. The third kappa shape index (κ3) is 4.78. The van der Waals surface area contributed by atoms with Gasteiger partial charge >= 0.3 is 5.97 Å². The number of hydrogen-bond donors (Lipinski definition) is 0. The van der Waals surface area contributed by atoms with Crippen molar-refractivity contribution in [2.75, 3.05) is 19.7 Å². The number of Topliss-reactive ketones (excluding diaryl/α,β-unsaturated/α-hetero) is 1. The van der Waals surface area contributed by atoms with Crippen molar-refractivity contribution in [3.8, 4) is 0 Å². The topological polar surface area (TPSA) is 90.0 Å². The summed E-state index contributed by atoms with van der Waals surface area (Å²) < 4.78 is 37.5. The minimum Gasteiger partial charge on any atom is -0.454 e. The number of rotatable bonds is 5. The molecule has 0 amide bonds. The van der Waals surface area contributed by atoms with Crippen LogP contribution in [0.5, 0.6) is 0 Å².